The zero-order chi connectivity index (χ0) is 16.5. The molecule has 0 bridgehead atoms. The highest BCUT2D eigenvalue weighted by Crippen LogP contribution is 2.20. The number of carbonyl (C=O) groups is 1. The van der Waals surface area contributed by atoms with Crippen molar-refractivity contribution in [3.8, 4) is 11.5 Å². The van der Waals surface area contributed by atoms with Crippen LogP contribution < -0.4 is 9.47 Å². The molecule has 0 radical (unpaired) electrons. The highest BCUT2D eigenvalue weighted by atomic mass is 16.7. The molecular weight excluding hydrogens is 292 g/mol. The summed E-state index contributed by atoms with van der Waals surface area (Å²) in [6.45, 7) is 2.77. The molecule has 4 nitrogen and oxygen atoms in total. The van der Waals surface area contributed by atoms with Gasteiger partial charge < -0.3 is 14.2 Å². The second kappa shape index (κ2) is 8.96. The fourth-order valence-corrected chi connectivity index (χ4v) is 2.31. The minimum atomic E-state index is 0.131. The molecule has 0 heterocycles. The van der Waals surface area contributed by atoms with E-state index >= 15 is 0 Å². The van der Waals surface area contributed by atoms with Crippen molar-refractivity contribution in [3.63, 3.8) is 0 Å². The minimum absolute atomic E-state index is 0.131. The van der Waals surface area contributed by atoms with E-state index in [1.165, 1.54) is 5.56 Å². The van der Waals surface area contributed by atoms with Gasteiger partial charge in [0.2, 0.25) is 0 Å². The van der Waals surface area contributed by atoms with Crippen molar-refractivity contribution in [1.29, 1.82) is 0 Å². The standard InChI is InChI=1S/C19H22O4/c1-3-22-18-9-6-15(7-10-18)4-5-16-8-11-19(23-14-21-2)17(12-16)13-20/h6-13H,3-5,14H2,1-2H3. The van der Waals surface area contributed by atoms with Crippen LogP contribution in [0.4, 0.5) is 0 Å². The summed E-state index contributed by atoms with van der Waals surface area (Å²) >= 11 is 0. The Balaban J connectivity index is 1.98. The third-order valence-corrected chi connectivity index (χ3v) is 3.47. The Kier molecular flexibility index (Phi) is 6.63. The van der Waals surface area contributed by atoms with Crippen LogP contribution in [0.1, 0.15) is 28.4 Å². The van der Waals surface area contributed by atoms with E-state index in [0.29, 0.717) is 17.9 Å². The quantitative estimate of drug-likeness (QED) is 0.523. The maximum atomic E-state index is 11.2. The summed E-state index contributed by atoms with van der Waals surface area (Å²) in [5.74, 6) is 1.44. The largest absolute Gasteiger partial charge is 0.494 e. The van der Waals surface area contributed by atoms with Gasteiger partial charge in [0, 0.05) is 7.11 Å². The Labute approximate surface area is 137 Å². The minimum Gasteiger partial charge on any atom is -0.494 e. The first kappa shape index (κ1) is 17.0. The van der Waals surface area contributed by atoms with E-state index in [2.05, 4.69) is 12.1 Å². The smallest absolute Gasteiger partial charge is 0.188 e. The normalized spacial score (nSPS) is 10.3. The summed E-state index contributed by atoms with van der Waals surface area (Å²) in [5.41, 5.74) is 2.89. The lowest BCUT2D eigenvalue weighted by Gasteiger charge is -2.09. The number of hydrogen-bond donors (Lipinski definition) is 0. The number of ether oxygens (including phenoxy) is 3. The van der Waals surface area contributed by atoms with Crippen LogP contribution >= 0.6 is 0 Å². The summed E-state index contributed by atoms with van der Waals surface area (Å²) in [6.07, 6.45) is 2.58. The number of hydrogen-bond acceptors (Lipinski definition) is 4. The Morgan fingerprint density at radius 3 is 2.30 bits per heavy atom. The fraction of sp³-hybridized carbons (Fsp3) is 0.316. The zero-order valence-electron chi connectivity index (χ0n) is 13.6. The van der Waals surface area contributed by atoms with Crippen molar-refractivity contribution < 1.29 is 19.0 Å². The van der Waals surface area contributed by atoms with Crippen LogP contribution in [0.5, 0.6) is 11.5 Å². The van der Waals surface area contributed by atoms with E-state index in [9.17, 15) is 4.79 Å². The summed E-state index contributed by atoms with van der Waals surface area (Å²) in [7, 11) is 1.55. The van der Waals surface area contributed by atoms with Crippen molar-refractivity contribution >= 4 is 6.29 Å². The fourth-order valence-electron chi connectivity index (χ4n) is 2.31. The number of methoxy groups -OCH3 is 1. The van der Waals surface area contributed by atoms with Crippen LogP contribution in [0.25, 0.3) is 0 Å². The van der Waals surface area contributed by atoms with Crippen LogP contribution in [0.2, 0.25) is 0 Å². The lowest BCUT2D eigenvalue weighted by molar-refractivity contribution is 0.0505. The van der Waals surface area contributed by atoms with Crippen molar-refractivity contribution in [3.05, 3.63) is 59.2 Å². The molecule has 0 aliphatic carbocycles. The Hall–Kier alpha value is -2.33. The average molecular weight is 314 g/mol. The van der Waals surface area contributed by atoms with Gasteiger partial charge in [-0.1, -0.05) is 18.2 Å². The van der Waals surface area contributed by atoms with Gasteiger partial charge in [-0.25, -0.2) is 0 Å². The average Bonchev–Trinajstić information content (AvgIpc) is 2.60. The van der Waals surface area contributed by atoms with Gasteiger partial charge in [0.15, 0.2) is 13.1 Å². The van der Waals surface area contributed by atoms with Gasteiger partial charge in [0.25, 0.3) is 0 Å². The molecule has 23 heavy (non-hydrogen) atoms. The second-order valence-electron chi connectivity index (χ2n) is 5.12. The van der Waals surface area contributed by atoms with Gasteiger partial charge in [-0.15, -0.1) is 0 Å². The summed E-state index contributed by atoms with van der Waals surface area (Å²) in [6, 6.07) is 13.8. The number of aryl methyl sites for hydroxylation is 2. The molecule has 0 saturated heterocycles. The lowest BCUT2D eigenvalue weighted by atomic mass is 10.0. The van der Waals surface area contributed by atoms with E-state index in [0.717, 1.165) is 30.4 Å². The predicted octanol–water partition coefficient (Wildman–Crippen LogP) is 3.67. The molecular formula is C19H22O4. The summed E-state index contributed by atoms with van der Waals surface area (Å²) in [5, 5.41) is 0. The predicted molar refractivity (Wildman–Crippen MR) is 89.4 cm³/mol. The van der Waals surface area contributed by atoms with Gasteiger partial charge in [-0.05, 0) is 55.2 Å². The Bertz CT molecular complexity index is 620. The van der Waals surface area contributed by atoms with Crippen LogP contribution in [0.3, 0.4) is 0 Å². The summed E-state index contributed by atoms with van der Waals surface area (Å²) in [4.78, 5) is 11.2. The molecule has 0 N–H and O–H groups in total. The van der Waals surface area contributed by atoms with Crippen LogP contribution in [-0.4, -0.2) is 26.8 Å². The zero-order valence-corrected chi connectivity index (χ0v) is 13.6. The van der Waals surface area contributed by atoms with Crippen LogP contribution in [-0.2, 0) is 17.6 Å². The van der Waals surface area contributed by atoms with Crippen molar-refractivity contribution in [2.45, 2.75) is 19.8 Å². The molecule has 0 atom stereocenters. The SMILES string of the molecule is CCOc1ccc(CCc2ccc(OCOC)c(C=O)c2)cc1. The maximum Gasteiger partial charge on any atom is 0.188 e. The highest BCUT2D eigenvalue weighted by Gasteiger charge is 2.05. The molecule has 0 spiro atoms. The lowest BCUT2D eigenvalue weighted by Crippen LogP contribution is -2.02. The number of aldehydes is 1. The van der Waals surface area contributed by atoms with E-state index in [1.807, 2.05) is 37.3 Å². The summed E-state index contributed by atoms with van der Waals surface area (Å²) < 4.78 is 15.7. The number of carbonyl (C=O) groups excluding carboxylic acids is 1. The highest BCUT2D eigenvalue weighted by molar-refractivity contribution is 5.79. The Morgan fingerprint density at radius 1 is 0.957 bits per heavy atom. The topological polar surface area (TPSA) is 44.8 Å². The molecule has 4 heteroatoms. The molecule has 122 valence electrons. The number of rotatable bonds is 9. The van der Waals surface area contributed by atoms with E-state index in [-0.39, 0.29) is 6.79 Å². The molecule has 2 aromatic carbocycles. The third kappa shape index (κ3) is 5.11. The second-order valence-corrected chi connectivity index (χ2v) is 5.12. The number of benzene rings is 2. The molecule has 2 rings (SSSR count). The van der Waals surface area contributed by atoms with E-state index in [4.69, 9.17) is 14.2 Å². The van der Waals surface area contributed by atoms with Crippen molar-refractivity contribution in [2.75, 3.05) is 20.5 Å². The van der Waals surface area contributed by atoms with Gasteiger partial charge in [-0.3, -0.25) is 4.79 Å². The van der Waals surface area contributed by atoms with E-state index < -0.39 is 0 Å². The first-order valence-corrected chi connectivity index (χ1v) is 7.68. The van der Waals surface area contributed by atoms with E-state index in [1.54, 1.807) is 7.11 Å². The van der Waals surface area contributed by atoms with Gasteiger partial charge in [0.05, 0.1) is 12.2 Å². The van der Waals surface area contributed by atoms with Crippen molar-refractivity contribution in [2.24, 2.45) is 0 Å². The Morgan fingerprint density at radius 2 is 1.65 bits per heavy atom. The molecule has 0 aliphatic rings. The molecule has 2 aromatic rings. The molecule has 0 saturated carbocycles. The molecule has 0 aliphatic heterocycles. The molecule has 0 aromatic heterocycles. The molecule has 0 fully saturated rings. The van der Waals surface area contributed by atoms with Gasteiger partial charge >= 0.3 is 0 Å². The molecule has 0 amide bonds. The van der Waals surface area contributed by atoms with Crippen LogP contribution in [0, 0.1) is 0 Å². The first-order valence-electron chi connectivity index (χ1n) is 7.68. The third-order valence-electron chi connectivity index (χ3n) is 3.47. The van der Waals surface area contributed by atoms with Crippen LogP contribution in [0.15, 0.2) is 42.5 Å². The molecule has 0 unspecified atom stereocenters. The van der Waals surface area contributed by atoms with Gasteiger partial charge in [0.1, 0.15) is 11.5 Å². The maximum absolute atomic E-state index is 11.2. The monoisotopic (exact) mass is 314 g/mol. The van der Waals surface area contributed by atoms with Crippen molar-refractivity contribution in [1.82, 2.24) is 0 Å². The first-order chi connectivity index (χ1) is 11.3. The van der Waals surface area contributed by atoms with Gasteiger partial charge in [-0.2, -0.15) is 0 Å².